The Morgan fingerprint density at radius 3 is 2.48 bits per heavy atom. The smallest absolute Gasteiger partial charge is 0.249 e. The average molecular weight is 292 g/mol. The van der Waals surface area contributed by atoms with E-state index in [0.29, 0.717) is 11.8 Å². The second-order valence-corrected chi connectivity index (χ2v) is 7.60. The molecule has 0 aromatic carbocycles. The molecule has 118 valence electrons. The van der Waals surface area contributed by atoms with Crippen LogP contribution in [0.1, 0.15) is 65.2 Å². The molecular weight excluding hydrogens is 264 g/mol. The molecule has 4 nitrogen and oxygen atoms in total. The van der Waals surface area contributed by atoms with Crippen LogP contribution in [0, 0.1) is 11.8 Å². The maximum absolute atomic E-state index is 13.0. The lowest BCUT2D eigenvalue weighted by Gasteiger charge is -2.45. The molecule has 1 aliphatic heterocycles. The van der Waals surface area contributed by atoms with Crippen LogP contribution in [0.4, 0.5) is 0 Å². The van der Waals surface area contributed by atoms with Crippen molar-refractivity contribution in [1.29, 1.82) is 0 Å². The van der Waals surface area contributed by atoms with E-state index in [4.69, 9.17) is 0 Å². The third kappa shape index (κ3) is 2.82. The first-order chi connectivity index (χ1) is 10.0. The summed E-state index contributed by atoms with van der Waals surface area (Å²) in [6.07, 6.45) is 8.09. The largest absolute Gasteiger partial charge is 0.340 e. The Balaban J connectivity index is 1.76. The Kier molecular flexibility index (Phi) is 3.98. The fourth-order valence-electron chi connectivity index (χ4n) is 4.01. The van der Waals surface area contributed by atoms with Crippen molar-refractivity contribution in [2.24, 2.45) is 11.8 Å². The van der Waals surface area contributed by atoms with E-state index >= 15 is 0 Å². The topological polar surface area (TPSA) is 49.4 Å². The SMILES string of the molecule is CC(C)CCCN1C(=O)C2(CCCC2)NC(=O)C1C1CC1. The highest BCUT2D eigenvalue weighted by molar-refractivity contribution is 6.00. The molecule has 0 aromatic rings. The number of rotatable bonds is 5. The zero-order valence-corrected chi connectivity index (χ0v) is 13.4. The number of nitrogens with zero attached hydrogens (tertiary/aromatic N) is 1. The van der Waals surface area contributed by atoms with Crippen LogP contribution in [0.25, 0.3) is 0 Å². The van der Waals surface area contributed by atoms with Crippen molar-refractivity contribution >= 4 is 11.8 Å². The van der Waals surface area contributed by atoms with Gasteiger partial charge >= 0.3 is 0 Å². The van der Waals surface area contributed by atoms with E-state index < -0.39 is 5.54 Å². The molecule has 2 amide bonds. The zero-order valence-electron chi connectivity index (χ0n) is 13.4. The predicted octanol–water partition coefficient (Wildman–Crippen LogP) is 2.47. The predicted molar refractivity (Wildman–Crippen MR) is 81.6 cm³/mol. The van der Waals surface area contributed by atoms with Gasteiger partial charge in [0.1, 0.15) is 11.6 Å². The van der Waals surface area contributed by atoms with Crippen LogP contribution < -0.4 is 5.32 Å². The molecule has 2 aliphatic carbocycles. The molecule has 1 unspecified atom stereocenters. The Hall–Kier alpha value is -1.06. The molecule has 0 aromatic heterocycles. The molecule has 1 heterocycles. The van der Waals surface area contributed by atoms with Crippen molar-refractivity contribution in [3.8, 4) is 0 Å². The van der Waals surface area contributed by atoms with Crippen LogP contribution in [0.5, 0.6) is 0 Å². The molecule has 1 saturated heterocycles. The minimum absolute atomic E-state index is 0.114. The number of nitrogens with one attached hydrogen (secondary N) is 1. The third-order valence-electron chi connectivity index (χ3n) is 5.34. The summed E-state index contributed by atoms with van der Waals surface area (Å²) in [5.41, 5.74) is -0.555. The first-order valence-corrected chi connectivity index (χ1v) is 8.66. The highest BCUT2D eigenvalue weighted by atomic mass is 16.2. The van der Waals surface area contributed by atoms with Gasteiger partial charge in [0.15, 0.2) is 0 Å². The van der Waals surface area contributed by atoms with Crippen LogP contribution in [0.2, 0.25) is 0 Å². The highest BCUT2D eigenvalue weighted by Gasteiger charge is 2.55. The Bertz CT molecular complexity index is 423. The summed E-state index contributed by atoms with van der Waals surface area (Å²) < 4.78 is 0. The fourth-order valence-corrected chi connectivity index (χ4v) is 4.01. The Morgan fingerprint density at radius 1 is 1.24 bits per heavy atom. The van der Waals surface area contributed by atoms with E-state index in [1.54, 1.807) is 0 Å². The molecular formula is C17H28N2O2. The lowest BCUT2D eigenvalue weighted by Crippen LogP contribution is -2.70. The van der Waals surface area contributed by atoms with Crippen molar-refractivity contribution in [3.05, 3.63) is 0 Å². The van der Waals surface area contributed by atoms with E-state index in [-0.39, 0.29) is 17.9 Å². The summed E-state index contributed by atoms with van der Waals surface area (Å²) >= 11 is 0. The maximum Gasteiger partial charge on any atom is 0.249 e. The van der Waals surface area contributed by atoms with Gasteiger partial charge in [-0.25, -0.2) is 0 Å². The van der Waals surface area contributed by atoms with E-state index in [1.807, 2.05) is 4.90 Å². The van der Waals surface area contributed by atoms with Gasteiger partial charge in [-0.05, 0) is 50.4 Å². The van der Waals surface area contributed by atoms with Crippen molar-refractivity contribution in [3.63, 3.8) is 0 Å². The standard InChI is InChI=1S/C17H28N2O2/c1-12(2)6-5-11-19-14(13-7-8-13)15(20)18-17(16(19)21)9-3-4-10-17/h12-14H,3-11H2,1-2H3,(H,18,20). The molecule has 3 rings (SSSR count). The van der Waals surface area contributed by atoms with Gasteiger partial charge in [-0.15, -0.1) is 0 Å². The molecule has 1 atom stereocenters. The number of carbonyl (C=O) groups is 2. The van der Waals surface area contributed by atoms with Gasteiger partial charge in [-0.1, -0.05) is 26.7 Å². The first kappa shape index (κ1) is 14.9. The molecule has 4 heteroatoms. The normalized spacial score (nSPS) is 28.5. The van der Waals surface area contributed by atoms with Crippen LogP contribution in [0.3, 0.4) is 0 Å². The first-order valence-electron chi connectivity index (χ1n) is 8.66. The third-order valence-corrected chi connectivity index (χ3v) is 5.34. The van der Waals surface area contributed by atoms with Crippen molar-refractivity contribution in [2.45, 2.75) is 76.8 Å². The van der Waals surface area contributed by atoms with Gasteiger partial charge in [-0.2, -0.15) is 0 Å². The van der Waals surface area contributed by atoms with Gasteiger partial charge in [0, 0.05) is 6.54 Å². The zero-order chi connectivity index (χ0) is 15.0. The lowest BCUT2D eigenvalue weighted by molar-refractivity contribution is -0.155. The molecule has 21 heavy (non-hydrogen) atoms. The summed E-state index contributed by atoms with van der Waals surface area (Å²) in [6, 6.07) is -0.184. The Labute approximate surface area is 127 Å². The van der Waals surface area contributed by atoms with Crippen molar-refractivity contribution < 1.29 is 9.59 Å². The van der Waals surface area contributed by atoms with E-state index in [0.717, 1.165) is 57.9 Å². The fraction of sp³-hybridized carbons (Fsp3) is 0.882. The molecule has 1 spiro atoms. The van der Waals surface area contributed by atoms with Gasteiger partial charge in [0.2, 0.25) is 11.8 Å². The van der Waals surface area contributed by atoms with Crippen molar-refractivity contribution in [2.75, 3.05) is 6.54 Å². The van der Waals surface area contributed by atoms with Gasteiger partial charge in [0.25, 0.3) is 0 Å². The number of carbonyl (C=O) groups excluding carboxylic acids is 2. The molecule has 2 saturated carbocycles. The van der Waals surface area contributed by atoms with Gasteiger partial charge in [-0.3, -0.25) is 9.59 Å². The lowest BCUT2D eigenvalue weighted by atomic mass is 9.89. The highest BCUT2D eigenvalue weighted by Crippen LogP contribution is 2.41. The van der Waals surface area contributed by atoms with Crippen LogP contribution in [-0.4, -0.2) is 34.8 Å². The monoisotopic (exact) mass is 292 g/mol. The average Bonchev–Trinajstić information content (AvgIpc) is 3.14. The second-order valence-electron chi connectivity index (χ2n) is 7.60. The molecule has 0 radical (unpaired) electrons. The summed E-state index contributed by atoms with van der Waals surface area (Å²) in [6.45, 7) is 5.18. The number of hydrogen-bond acceptors (Lipinski definition) is 2. The maximum atomic E-state index is 13.0. The summed E-state index contributed by atoms with van der Waals surface area (Å²) in [5, 5.41) is 3.11. The molecule has 3 aliphatic rings. The summed E-state index contributed by atoms with van der Waals surface area (Å²) in [7, 11) is 0. The summed E-state index contributed by atoms with van der Waals surface area (Å²) in [4.78, 5) is 27.6. The van der Waals surface area contributed by atoms with Gasteiger partial charge < -0.3 is 10.2 Å². The van der Waals surface area contributed by atoms with Crippen LogP contribution in [-0.2, 0) is 9.59 Å². The minimum atomic E-state index is -0.555. The van der Waals surface area contributed by atoms with E-state index in [9.17, 15) is 9.59 Å². The van der Waals surface area contributed by atoms with E-state index in [1.165, 1.54) is 0 Å². The molecule has 0 bridgehead atoms. The minimum Gasteiger partial charge on any atom is -0.340 e. The summed E-state index contributed by atoms with van der Waals surface area (Å²) in [5.74, 6) is 1.38. The number of hydrogen-bond donors (Lipinski definition) is 1. The van der Waals surface area contributed by atoms with Gasteiger partial charge in [0.05, 0.1) is 0 Å². The van der Waals surface area contributed by atoms with Crippen LogP contribution >= 0.6 is 0 Å². The number of piperazine rings is 1. The number of amides is 2. The second kappa shape index (κ2) is 5.62. The van der Waals surface area contributed by atoms with Crippen LogP contribution in [0.15, 0.2) is 0 Å². The quantitative estimate of drug-likeness (QED) is 0.846. The molecule has 3 fully saturated rings. The Morgan fingerprint density at radius 2 is 1.90 bits per heavy atom. The van der Waals surface area contributed by atoms with E-state index in [2.05, 4.69) is 19.2 Å². The van der Waals surface area contributed by atoms with Crippen molar-refractivity contribution in [1.82, 2.24) is 10.2 Å². The molecule has 1 N–H and O–H groups in total.